The molecule has 1 saturated heterocycles. The molecule has 1 aliphatic rings. The summed E-state index contributed by atoms with van der Waals surface area (Å²) in [6.07, 6.45) is 3.01. The minimum Gasteiger partial charge on any atom is -0.353 e. The summed E-state index contributed by atoms with van der Waals surface area (Å²) in [6.45, 7) is 4.75. The van der Waals surface area contributed by atoms with Crippen LogP contribution in [0.3, 0.4) is 0 Å². The highest BCUT2D eigenvalue weighted by Gasteiger charge is 2.32. The Hall–Kier alpha value is -0.820. The van der Waals surface area contributed by atoms with Crippen LogP contribution in [0, 0.1) is 5.92 Å². The maximum atomic E-state index is 12.7. The lowest BCUT2D eigenvalue weighted by Crippen LogP contribution is -2.45. The van der Waals surface area contributed by atoms with Crippen molar-refractivity contribution in [2.45, 2.75) is 51.3 Å². The van der Waals surface area contributed by atoms with Crippen molar-refractivity contribution in [3.63, 3.8) is 0 Å². The number of hydrogen-bond donors (Lipinski definition) is 1. The average molecular weight is 421 g/mol. The average Bonchev–Trinajstić information content (AvgIpc) is 2.58. The van der Waals surface area contributed by atoms with Gasteiger partial charge in [0.1, 0.15) is 0 Å². The summed E-state index contributed by atoms with van der Waals surface area (Å²) in [5.41, 5.74) is 0.420. The van der Waals surface area contributed by atoms with Gasteiger partial charge in [0.05, 0.1) is 5.75 Å². The van der Waals surface area contributed by atoms with Crippen LogP contribution in [-0.2, 0) is 20.6 Å². The Balaban J connectivity index is 1.95. The Bertz CT molecular complexity index is 712. The largest absolute Gasteiger partial charge is 0.353 e. The molecule has 0 saturated carbocycles. The van der Waals surface area contributed by atoms with Crippen molar-refractivity contribution in [3.05, 3.63) is 33.8 Å². The number of benzene rings is 1. The fourth-order valence-electron chi connectivity index (χ4n) is 3.21. The van der Waals surface area contributed by atoms with Gasteiger partial charge in [-0.25, -0.2) is 12.7 Å². The molecule has 0 aliphatic carbocycles. The second-order valence-electron chi connectivity index (χ2n) is 6.83. The first-order chi connectivity index (χ1) is 12.2. The standard InChI is InChI=1S/C18H26Cl2N2O3S/c1-3-5-13(2)21-18(23)14-8-10-22(11-9-14)26(24,25)12-15-16(19)6-4-7-17(15)20/h4,6-7,13-14H,3,5,8-12H2,1-2H3,(H,21,23). The lowest BCUT2D eigenvalue weighted by molar-refractivity contribution is -0.126. The van der Waals surface area contributed by atoms with E-state index in [1.807, 2.05) is 6.92 Å². The molecule has 1 fully saturated rings. The normalized spacial score (nSPS) is 17.8. The van der Waals surface area contributed by atoms with Gasteiger partial charge in [0, 0.05) is 40.7 Å². The SMILES string of the molecule is CCCC(C)NC(=O)C1CCN(S(=O)(=O)Cc2c(Cl)cccc2Cl)CC1. The molecule has 0 bridgehead atoms. The number of hydrogen-bond acceptors (Lipinski definition) is 3. The number of carbonyl (C=O) groups is 1. The van der Waals surface area contributed by atoms with E-state index >= 15 is 0 Å². The van der Waals surface area contributed by atoms with Gasteiger partial charge in [0.15, 0.2) is 0 Å². The zero-order valence-corrected chi connectivity index (χ0v) is 17.5. The van der Waals surface area contributed by atoms with Gasteiger partial charge in [-0.15, -0.1) is 0 Å². The van der Waals surface area contributed by atoms with E-state index < -0.39 is 10.0 Å². The first-order valence-electron chi connectivity index (χ1n) is 8.95. The summed E-state index contributed by atoms with van der Waals surface area (Å²) in [7, 11) is -3.53. The van der Waals surface area contributed by atoms with Gasteiger partial charge in [-0.1, -0.05) is 42.6 Å². The van der Waals surface area contributed by atoms with Gasteiger partial charge in [0.2, 0.25) is 15.9 Å². The van der Waals surface area contributed by atoms with E-state index in [1.165, 1.54) is 4.31 Å². The number of carbonyl (C=O) groups excluding carboxylic acids is 1. The van der Waals surface area contributed by atoms with Gasteiger partial charge in [-0.3, -0.25) is 4.79 Å². The number of rotatable bonds is 7. The van der Waals surface area contributed by atoms with Crippen molar-refractivity contribution < 1.29 is 13.2 Å². The van der Waals surface area contributed by atoms with Crippen LogP contribution in [0.2, 0.25) is 10.0 Å². The van der Waals surface area contributed by atoms with Crippen LogP contribution < -0.4 is 5.32 Å². The first kappa shape index (κ1) is 21.5. The quantitative estimate of drug-likeness (QED) is 0.728. The molecule has 5 nitrogen and oxygen atoms in total. The molecule has 26 heavy (non-hydrogen) atoms. The van der Waals surface area contributed by atoms with E-state index in [2.05, 4.69) is 12.2 Å². The van der Waals surface area contributed by atoms with Crippen molar-refractivity contribution >= 4 is 39.1 Å². The summed E-state index contributed by atoms with van der Waals surface area (Å²) in [5, 5.41) is 3.71. The Morgan fingerprint density at radius 1 is 1.27 bits per heavy atom. The molecule has 1 aromatic carbocycles. The molecular weight excluding hydrogens is 395 g/mol. The molecule has 0 radical (unpaired) electrons. The zero-order valence-electron chi connectivity index (χ0n) is 15.2. The number of piperidine rings is 1. The van der Waals surface area contributed by atoms with Crippen molar-refractivity contribution in [3.8, 4) is 0 Å². The molecular formula is C18H26Cl2N2O3S. The monoisotopic (exact) mass is 420 g/mol. The van der Waals surface area contributed by atoms with Crippen LogP contribution in [0.15, 0.2) is 18.2 Å². The molecule has 8 heteroatoms. The van der Waals surface area contributed by atoms with Crippen molar-refractivity contribution in [1.82, 2.24) is 9.62 Å². The van der Waals surface area contributed by atoms with Crippen molar-refractivity contribution in [1.29, 1.82) is 0 Å². The lowest BCUT2D eigenvalue weighted by Gasteiger charge is -2.31. The number of sulfonamides is 1. The summed E-state index contributed by atoms with van der Waals surface area (Å²) < 4.78 is 26.9. The van der Waals surface area contributed by atoms with Crippen LogP contribution in [0.5, 0.6) is 0 Å². The van der Waals surface area contributed by atoms with E-state index in [0.717, 1.165) is 12.8 Å². The maximum absolute atomic E-state index is 12.7. The smallest absolute Gasteiger partial charge is 0.223 e. The predicted molar refractivity (Wildman–Crippen MR) is 106 cm³/mol. The van der Waals surface area contributed by atoms with Crippen molar-refractivity contribution in [2.24, 2.45) is 5.92 Å². The number of nitrogens with one attached hydrogen (secondary N) is 1. The van der Waals surface area contributed by atoms with E-state index in [4.69, 9.17) is 23.2 Å². The Morgan fingerprint density at radius 3 is 2.38 bits per heavy atom. The molecule has 1 unspecified atom stereocenters. The molecule has 146 valence electrons. The van der Waals surface area contributed by atoms with Gasteiger partial charge in [0.25, 0.3) is 0 Å². The molecule has 1 atom stereocenters. The van der Waals surface area contributed by atoms with Crippen LogP contribution >= 0.6 is 23.2 Å². The minimum atomic E-state index is -3.53. The Morgan fingerprint density at radius 2 is 1.85 bits per heavy atom. The highest BCUT2D eigenvalue weighted by Crippen LogP contribution is 2.29. The first-order valence-corrected chi connectivity index (χ1v) is 11.3. The molecule has 1 amide bonds. The predicted octanol–water partition coefficient (Wildman–Crippen LogP) is 3.84. The second kappa shape index (κ2) is 9.40. The molecule has 0 spiro atoms. The van der Waals surface area contributed by atoms with Crippen LogP contribution in [0.25, 0.3) is 0 Å². The number of amides is 1. The summed E-state index contributed by atoms with van der Waals surface area (Å²) >= 11 is 12.2. The van der Waals surface area contributed by atoms with Gasteiger partial charge < -0.3 is 5.32 Å². The Kier molecular flexibility index (Phi) is 7.76. The highest BCUT2D eigenvalue weighted by molar-refractivity contribution is 7.88. The van der Waals surface area contributed by atoms with Gasteiger partial charge in [-0.05, 0) is 38.3 Å². The summed E-state index contributed by atoms with van der Waals surface area (Å²) in [4.78, 5) is 12.3. The number of nitrogens with zero attached hydrogens (tertiary/aromatic N) is 1. The van der Waals surface area contributed by atoms with Crippen LogP contribution in [0.1, 0.15) is 45.1 Å². The minimum absolute atomic E-state index is 0.0251. The van der Waals surface area contributed by atoms with Crippen LogP contribution in [-0.4, -0.2) is 37.8 Å². The maximum Gasteiger partial charge on any atom is 0.223 e. The zero-order chi connectivity index (χ0) is 19.3. The Labute approximate surface area is 166 Å². The molecule has 2 rings (SSSR count). The van der Waals surface area contributed by atoms with Gasteiger partial charge >= 0.3 is 0 Å². The third-order valence-corrected chi connectivity index (χ3v) is 7.23. The van der Waals surface area contributed by atoms with E-state index in [-0.39, 0.29) is 23.6 Å². The van der Waals surface area contributed by atoms with Gasteiger partial charge in [-0.2, -0.15) is 0 Å². The van der Waals surface area contributed by atoms with Crippen LogP contribution in [0.4, 0.5) is 0 Å². The number of halogens is 2. The topological polar surface area (TPSA) is 66.5 Å². The molecule has 1 aromatic rings. The van der Waals surface area contributed by atoms with E-state index in [9.17, 15) is 13.2 Å². The lowest BCUT2D eigenvalue weighted by atomic mass is 9.96. The van der Waals surface area contributed by atoms with E-state index in [0.29, 0.717) is 41.5 Å². The highest BCUT2D eigenvalue weighted by atomic mass is 35.5. The second-order valence-corrected chi connectivity index (χ2v) is 9.61. The third-order valence-electron chi connectivity index (χ3n) is 4.72. The fourth-order valence-corrected chi connectivity index (χ4v) is 5.52. The summed E-state index contributed by atoms with van der Waals surface area (Å²) in [5.74, 6) is -0.336. The fraction of sp³-hybridized carbons (Fsp3) is 0.611. The molecule has 0 aromatic heterocycles. The third kappa shape index (κ3) is 5.59. The molecule has 1 N–H and O–H groups in total. The summed E-state index contributed by atoms with van der Waals surface area (Å²) in [6, 6.07) is 5.10. The molecule has 1 heterocycles. The van der Waals surface area contributed by atoms with Crippen molar-refractivity contribution in [2.75, 3.05) is 13.1 Å². The molecule has 1 aliphatic heterocycles. The van der Waals surface area contributed by atoms with E-state index in [1.54, 1.807) is 18.2 Å².